The molecule has 1 aliphatic carbocycles. The predicted molar refractivity (Wildman–Crippen MR) is 155 cm³/mol. The van der Waals surface area contributed by atoms with Gasteiger partial charge in [0.15, 0.2) is 0 Å². The zero-order valence-corrected chi connectivity index (χ0v) is 22.7. The number of nitrogens with one attached hydrogen (secondary N) is 1. The van der Waals surface area contributed by atoms with Crippen molar-refractivity contribution in [2.45, 2.75) is 63.5 Å². The molecule has 0 aliphatic heterocycles. The summed E-state index contributed by atoms with van der Waals surface area (Å²) in [4.78, 5) is 40.0. The Bertz CT molecular complexity index is 1250. The van der Waals surface area contributed by atoms with Crippen molar-refractivity contribution in [3.05, 3.63) is 106 Å². The molecule has 8 heteroatoms. The monoisotopic (exact) mass is 543 g/mol. The minimum absolute atomic E-state index is 0.0227. The summed E-state index contributed by atoms with van der Waals surface area (Å²) in [5, 5.41) is 14.7. The summed E-state index contributed by atoms with van der Waals surface area (Å²) >= 11 is 0. The molecule has 0 heterocycles. The van der Waals surface area contributed by atoms with Crippen molar-refractivity contribution < 1.29 is 19.2 Å². The molecule has 1 N–H and O–H groups in total. The Hall–Kier alpha value is -4.04. The highest BCUT2D eigenvalue weighted by atomic mass is 16.6. The van der Waals surface area contributed by atoms with Crippen molar-refractivity contribution in [3.63, 3.8) is 0 Å². The third-order valence-corrected chi connectivity index (χ3v) is 7.28. The number of anilines is 1. The SMILES string of the molecule is O=C(NC1CCCCC1)[C@H](COCCc1ccccc1)N(C(=O)CCc1ccccc1)c1cccc([N+](=O)[O-])c1. The lowest BCUT2D eigenvalue weighted by atomic mass is 9.95. The Morgan fingerprint density at radius 2 is 1.55 bits per heavy atom. The Kier molecular flexibility index (Phi) is 10.8. The molecule has 0 saturated heterocycles. The fraction of sp³-hybridized carbons (Fsp3) is 0.375. The van der Waals surface area contributed by atoms with Gasteiger partial charge in [0.05, 0.1) is 23.8 Å². The molecule has 8 nitrogen and oxygen atoms in total. The number of nitro benzene ring substituents is 1. The summed E-state index contributed by atoms with van der Waals surface area (Å²) in [6, 6.07) is 24.5. The number of rotatable bonds is 13. The van der Waals surface area contributed by atoms with Gasteiger partial charge >= 0.3 is 0 Å². The second-order valence-corrected chi connectivity index (χ2v) is 10.2. The first-order chi connectivity index (χ1) is 19.5. The van der Waals surface area contributed by atoms with E-state index in [1.54, 1.807) is 6.07 Å². The fourth-order valence-electron chi connectivity index (χ4n) is 5.11. The molecular weight excluding hydrogens is 506 g/mol. The molecule has 40 heavy (non-hydrogen) atoms. The molecule has 0 radical (unpaired) electrons. The average molecular weight is 544 g/mol. The summed E-state index contributed by atoms with van der Waals surface area (Å²) in [5.41, 5.74) is 2.27. The highest BCUT2D eigenvalue weighted by molar-refractivity contribution is 6.01. The van der Waals surface area contributed by atoms with Gasteiger partial charge in [-0.2, -0.15) is 0 Å². The van der Waals surface area contributed by atoms with Crippen LogP contribution >= 0.6 is 0 Å². The van der Waals surface area contributed by atoms with E-state index in [-0.39, 0.29) is 36.6 Å². The fourth-order valence-corrected chi connectivity index (χ4v) is 5.11. The van der Waals surface area contributed by atoms with Gasteiger partial charge in [-0.3, -0.25) is 24.6 Å². The summed E-state index contributed by atoms with van der Waals surface area (Å²) in [6.45, 7) is 0.351. The second kappa shape index (κ2) is 14.9. The number of benzene rings is 3. The predicted octanol–water partition coefficient (Wildman–Crippen LogP) is 5.64. The van der Waals surface area contributed by atoms with Gasteiger partial charge in [-0.05, 0) is 42.9 Å². The van der Waals surface area contributed by atoms with Crippen molar-refractivity contribution >= 4 is 23.2 Å². The highest BCUT2D eigenvalue weighted by Crippen LogP contribution is 2.26. The van der Waals surface area contributed by atoms with E-state index < -0.39 is 11.0 Å². The van der Waals surface area contributed by atoms with Crippen LogP contribution in [0.2, 0.25) is 0 Å². The van der Waals surface area contributed by atoms with Crippen molar-refractivity contribution in [3.8, 4) is 0 Å². The van der Waals surface area contributed by atoms with E-state index in [1.165, 1.54) is 23.1 Å². The molecule has 210 valence electrons. The van der Waals surface area contributed by atoms with E-state index in [9.17, 15) is 19.7 Å². The number of ether oxygens (including phenoxy) is 1. The summed E-state index contributed by atoms with van der Waals surface area (Å²) in [5.74, 6) is -0.592. The zero-order valence-electron chi connectivity index (χ0n) is 22.7. The van der Waals surface area contributed by atoms with Crippen LogP contribution in [0.4, 0.5) is 11.4 Å². The summed E-state index contributed by atoms with van der Waals surface area (Å²) < 4.78 is 6.01. The van der Waals surface area contributed by atoms with Crippen molar-refractivity contribution in [2.75, 3.05) is 18.1 Å². The smallest absolute Gasteiger partial charge is 0.271 e. The lowest BCUT2D eigenvalue weighted by Crippen LogP contribution is -2.54. The number of carbonyl (C=O) groups is 2. The molecule has 1 atom stereocenters. The van der Waals surface area contributed by atoms with Gasteiger partial charge in [0.1, 0.15) is 6.04 Å². The molecule has 2 amide bonds. The molecule has 1 aliphatic rings. The maximum absolute atomic E-state index is 13.8. The molecule has 0 spiro atoms. The lowest BCUT2D eigenvalue weighted by molar-refractivity contribution is -0.384. The highest BCUT2D eigenvalue weighted by Gasteiger charge is 2.33. The maximum Gasteiger partial charge on any atom is 0.271 e. The van der Waals surface area contributed by atoms with E-state index in [2.05, 4.69) is 5.32 Å². The Balaban J connectivity index is 1.58. The summed E-state index contributed by atoms with van der Waals surface area (Å²) in [7, 11) is 0. The van der Waals surface area contributed by atoms with Crippen LogP contribution in [-0.4, -0.2) is 42.0 Å². The van der Waals surface area contributed by atoms with Gasteiger partial charge in [-0.1, -0.05) is 86.0 Å². The van der Waals surface area contributed by atoms with E-state index in [4.69, 9.17) is 4.74 Å². The number of carbonyl (C=O) groups excluding carboxylic acids is 2. The molecule has 3 aromatic rings. The third kappa shape index (κ3) is 8.48. The van der Waals surface area contributed by atoms with E-state index in [0.717, 1.165) is 43.2 Å². The van der Waals surface area contributed by atoms with Gasteiger partial charge in [0.25, 0.3) is 5.69 Å². The minimum Gasteiger partial charge on any atom is -0.378 e. The van der Waals surface area contributed by atoms with E-state index in [0.29, 0.717) is 25.1 Å². The third-order valence-electron chi connectivity index (χ3n) is 7.28. The topological polar surface area (TPSA) is 102 Å². The van der Waals surface area contributed by atoms with Crippen LogP contribution in [0, 0.1) is 10.1 Å². The van der Waals surface area contributed by atoms with Crippen molar-refractivity contribution in [1.82, 2.24) is 5.32 Å². The van der Waals surface area contributed by atoms with Crippen LogP contribution in [0.25, 0.3) is 0 Å². The standard InChI is InChI=1S/C32H37N3O5/c36-31(20-19-25-11-4-1-5-12-25)34(28-17-10-18-29(23-28)35(38)39)30(32(37)33-27-15-8-3-9-16-27)24-40-22-21-26-13-6-2-7-14-26/h1-2,4-7,10-14,17-18,23,27,30H,3,8-9,15-16,19-22,24H2,(H,33,37)/t30-/m0/s1. The molecule has 0 unspecified atom stereocenters. The Morgan fingerprint density at radius 3 is 2.20 bits per heavy atom. The largest absolute Gasteiger partial charge is 0.378 e. The molecule has 1 fully saturated rings. The number of hydrogen-bond donors (Lipinski definition) is 1. The minimum atomic E-state index is -0.969. The quantitative estimate of drug-likeness (QED) is 0.171. The first-order valence-corrected chi connectivity index (χ1v) is 14.0. The number of non-ortho nitro benzene ring substituents is 1. The maximum atomic E-state index is 13.8. The van der Waals surface area contributed by atoms with E-state index in [1.807, 2.05) is 60.7 Å². The van der Waals surface area contributed by atoms with E-state index >= 15 is 0 Å². The molecule has 0 aromatic heterocycles. The van der Waals surface area contributed by atoms with Crippen molar-refractivity contribution in [2.24, 2.45) is 0 Å². The average Bonchev–Trinajstić information content (AvgIpc) is 2.99. The number of hydrogen-bond acceptors (Lipinski definition) is 5. The lowest BCUT2D eigenvalue weighted by Gasteiger charge is -2.33. The van der Waals surface area contributed by atoms with Crippen LogP contribution in [0.5, 0.6) is 0 Å². The van der Waals surface area contributed by atoms with Gasteiger partial charge < -0.3 is 10.1 Å². The first-order valence-electron chi connectivity index (χ1n) is 14.0. The number of amides is 2. The van der Waals surface area contributed by atoms with Crippen LogP contribution in [-0.2, 0) is 27.2 Å². The molecule has 3 aromatic carbocycles. The molecule has 0 bridgehead atoms. The molecule has 1 saturated carbocycles. The number of nitrogens with zero attached hydrogens (tertiary/aromatic N) is 2. The normalized spacial score (nSPS) is 14.3. The second-order valence-electron chi connectivity index (χ2n) is 10.2. The molecule has 4 rings (SSSR count). The van der Waals surface area contributed by atoms with Gasteiger partial charge in [-0.25, -0.2) is 0 Å². The van der Waals surface area contributed by atoms with Crippen LogP contribution in [0.15, 0.2) is 84.9 Å². The number of aryl methyl sites for hydroxylation is 1. The van der Waals surface area contributed by atoms with Crippen molar-refractivity contribution in [1.29, 1.82) is 0 Å². The van der Waals surface area contributed by atoms with Gasteiger partial charge in [-0.15, -0.1) is 0 Å². The number of nitro groups is 1. The molecular formula is C32H37N3O5. The first kappa shape index (κ1) is 29.0. The van der Waals surface area contributed by atoms with Crippen LogP contribution in [0.1, 0.15) is 49.7 Å². The van der Waals surface area contributed by atoms with Gasteiger partial charge in [0.2, 0.25) is 11.8 Å². The zero-order chi connectivity index (χ0) is 28.2. The summed E-state index contributed by atoms with van der Waals surface area (Å²) in [6.07, 6.45) is 6.33. The van der Waals surface area contributed by atoms with Crippen LogP contribution in [0.3, 0.4) is 0 Å². The van der Waals surface area contributed by atoms with Crippen LogP contribution < -0.4 is 10.2 Å². The Labute approximate surface area is 235 Å². The Morgan fingerprint density at radius 1 is 0.900 bits per heavy atom. The van der Waals surface area contributed by atoms with Gasteiger partial charge in [0, 0.05) is 24.6 Å².